The number of hydrogen-bond donors (Lipinski definition) is 1. The van der Waals surface area contributed by atoms with Crippen LogP contribution >= 0.6 is 0 Å². The number of carbonyl (C=O) groups excluding carboxylic acids is 2. The number of nitrogens with one attached hydrogen (secondary N) is 1. The first kappa shape index (κ1) is 23.7. The molecule has 0 spiro atoms. The Morgan fingerprint density at radius 2 is 1.97 bits per heavy atom. The van der Waals surface area contributed by atoms with Crippen molar-refractivity contribution in [1.82, 2.24) is 25.2 Å². The number of benzene rings is 2. The van der Waals surface area contributed by atoms with Gasteiger partial charge in [0.25, 0.3) is 0 Å². The monoisotopic (exact) mass is 487 g/mol. The predicted molar refractivity (Wildman–Crippen MR) is 133 cm³/mol. The van der Waals surface area contributed by atoms with Crippen LogP contribution in [0.4, 0.5) is 0 Å². The first-order chi connectivity index (χ1) is 17.6. The molecule has 9 heteroatoms. The maximum absolute atomic E-state index is 13.8. The Hall–Kier alpha value is -3.98. The molecule has 3 heterocycles. The van der Waals surface area contributed by atoms with E-state index < -0.39 is 6.04 Å². The van der Waals surface area contributed by atoms with Gasteiger partial charge in [0.1, 0.15) is 23.9 Å². The van der Waals surface area contributed by atoms with Crippen molar-refractivity contribution in [2.45, 2.75) is 45.0 Å². The average Bonchev–Trinajstić information content (AvgIpc) is 3.67. The molecule has 1 saturated heterocycles. The quantitative estimate of drug-likeness (QED) is 0.388. The zero-order valence-corrected chi connectivity index (χ0v) is 20.2. The topological polar surface area (TPSA) is 102 Å². The van der Waals surface area contributed by atoms with Gasteiger partial charge < -0.3 is 19.4 Å². The van der Waals surface area contributed by atoms with Crippen molar-refractivity contribution in [3.8, 4) is 0 Å². The van der Waals surface area contributed by atoms with E-state index in [0.717, 1.165) is 29.5 Å². The minimum Gasteiger partial charge on any atom is -0.467 e. The molecule has 0 unspecified atom stereocenters. The highest BCUT2D eigenvalue weighted by molar-refractivity contribution is 5.89. The number of aryl methyl sites for hydroxylation is 1. The molecule has 9 nitrogen and oxygen atoms in total. The molecular formula is C27H29N5O4. The zero-order chi connectivity index (χ0) is 24.9. The second-order valence-corrected chi connectivity index (χ2v) is 9.03. The molecule has 4 aromatic rings. The summed E-state index contributed by atoms with van der Waals surface area (Å²) in [4.78, 5) is 29.1. The van der Waals surface area contributed by atoms with Gasteiger partial charge in [0.2, 0.25) is 11.8 Å². The second kappa shape index (κ2) is 10.7. The minimum atomic E-state index is -0.841. The van der Waals surface area contributed by atoms with Crippen molar-refractivity contribution in [2.24, 2.45) is 0 Å². The zero-order valence-electron chi connectivity index (χ0n) is 20.2. The number of ether oxygens (including phenoxy) is 1. The lowest BCUT2D eigenvalue weighted by Crippen LogP contribution is -2.47. The number of nitrogens with zero attached hydrogens (tertiary/aromatic N) is 4. The van der Waals surface area contributed by atoms with E-state index >= 15 is 0 Å². The van der Waals surface area contributed by atoms with Crippen molar-refractivity contribution in [1.29, 1.82) is 0 Å². The number of rotatable bonds is 9. The molecule has 36 heavy (non-hydrogen) atoms. The van der Waals surface area contributed by atoms with E-state index in [4.69, 9.17) is 9.15 Å². The summed E-state index contributed by atoms with van der Waals surface area (Å²) in [7, 11) is 0. The summed E-state index contributed by atoms with van der Waals surface area (Å²) in [6, 6.07) is 17.9. The molecule has 2 atom stereocenters. The molecule has 1 N–H and O–H groups in total. The first-order valence-electron chi connectivity index (χ1n) is 12.1. The van der Waals surface area contributed by atoms with Gasteiger partial charge in [-0.25, -0.2) is 4.68 Å². The summed E-state index contributed by atoms with van der Waals surface area (Å²) in [5.74, 6) is 0.113. The largest absolute Gasteiger partial charge is 0.467 e. The number of hydrogen-bond acceptors (Lipinski definition) is 6. The number of aromatic nitrogens is 3. The van der Waals surface area contributed by atoms with Gasteiger partial charge in [-0.3, -0.25) is 9.59 Å². The highest BCUT2D eigenvalue weighted by Gasteiger charge is 2.34. The van der Waals surface area contributed by atoms with E-state index in [1.165, 1.54) is 0 Å². The fourth-order valence-corrected chi connectivity index (χ4v) is 4.52. The fourth-order valence-electron chi connectivity index (χ4n) is 4.52. The summed E-state index contributed by atoms with van der Waals surface area (Å²) >= 11 is 0. The molecule has 2 aromatic carbocycles. The normalized spacial score (nSPS) is 16.2. The van der Waals surface area contributed by atoms with Gasteiger partial charge in [-0.15, -0.1) is 5.10 Å². The smallest absolute Gasteiger partial charge is 0.247 e. The lowest BCUT2D eigenvalue weighted by atomic mass is 10.0. The fraction of sp³-hybridized carbons (Fsp3) is 0.333. The van der Waals surface area contributed by atoms with Gasteiger partial charge in [0.05, 0.1) is 24.4 Å². The number of carbonyl (C=O) groups is 2. The highest BCUT2D eigenvalue weighted by Crippen LogP contribution is 2.26. The van der Waals surface area contributed by atoms with Crippen LogP contribution in [0.3, 0.4) is 0 Å². The Labute approximate surface area is 209 Å². The van der Waals surface area contributed by atoms with Crippen molar-refractivity contribution in [3.63, 3.8) is 0 Å². The van der Waals surface area contributed by atoms with Gasteiger partial charge >= 0.3 is 0 Å². The molecule has 0 saturated carbocycles. The standard InChI is InChI=1S/C27H29N5O4/c1-19-10-12-20(13-11-19)26(27(34)28-16-21-6-4-14-35-21)31(17-22-7-5-15-36-22)25(33)18-32-24-9-3-2-8-23(24)29-30-32/h2-4,6,8-14,22,26H,5,7,15-18H2,1H3,(H,28,34)/t22-,26-/m0/s1. The molecule has 0 radical (unpaired) electrons. The Balaban J connectivity index is 1.46. The van der Waals surface area contributed by atoms with Crippen LogP contribution in [0.2, 0.25) is 0 Å². The third kappa shape index (κ3) is 5.31. The van der Waals surface area contributed by atoms with Crippen molar-refractivity contribution in [2.75, 3.05) is 13.2 Å². The average molecular weight is 488 g/mol. The van der Waals surface area contributed by atoms with Gasteiger partial charge in [-0.05, 0) is 49.6 Å². The van der Waals surface area contributed by atoms with E-state index in [9.17, 15) is 9.59 Å². The lowest BCUT2D eigenvalue weighted by Gasteiger charge is -2.33. The number of fused-ring (bicyclic) bond motifs is 1. The molecule has 2 aromatic heterocycles. The van der Waals surface area contributed by atoms with E-state index in [2.05, 4.69) is 15.6 Å². The van der Waals surface area contributed by atoms with Crippen LogP contribution in [0.1, 0.15) is 35.8 Å². The van der Waals surface area contributed by atoms with Crippen LogP contribution < -0.4 is 5.32 Å². The molecule has 0 aliphatic carbocycles. The summed E-state index contributed by atoms with van der Waals surface area (Å²) in [5, 5.41) is 11.3. The molecule has 186 valence electrons. The maximum Gasteiger partial charge on any atom is 0.247 e. The second-order valence-electron chi connectivity index (χ2n) is 9.03. The molecule has 0 bridgehead atoms. The van der Waals surface area contributed by atoms with Gasteiger partial charge in [0, 0.05) is 13.2 Å². The summed E-state index contributed by atoms with van der Waals surface area (Å²) in [5.41, 5.74) is 3.27. The van der Waals surface area contributed by atoms with Crippen LogP contribution in [0.15, 0.2) is 71.3 Å². The number of para-hydroxylation sites is 1. The minimum absolute atomic E-state index is 0.0406. The highest BCUT2D eigenvalue weighted by atomic mass is 16.5. The molecule has 5 rings (SSSR count). The predicted octanol–water partition coefficient (Wildman–Crippen LogP) is 3.40. The summed E-state index contributed by atoms with van der Waals surface area (Å²) in [6.45, 7) is 3.13. The van der Waals surface area contributed by atoms with Crippen molar-refractivity contribution < 1.29 is 18.7 Å². The molecular weight excluding hydrogens is 458 g/mol. The Morgan fingerprint density at radius 1 is 1.14 bits per heavy atom. The number of amides is 2. The van der Waals surface area contributed by atoms with E-state index in [1.54, 1.807) is 28.0 Å². The number of furan rings is 1. The summed E-state index contributed by atoms with van der Waals surface area (Å²) in [6.07, 6.45) is 3.20. The van der Waals surface area contributed by atoms with Crippen LogP contribution in [0.25, 0.3) is 11.0 Å². The Morgan fingerprint density at radius 3 is 2.72 bits per heavy atom. The van der Waals surface area contributed by atoms with Crippen LogP contribution in [-0.4, -0.2) is 51.0 Å². The maximum atomic E-state index is 13.8. The van der Waals surface area contributed by atoms with E-state index in [0.29, 0.717) is 24.4 Å². The van der Waals surface area contributed by atoms with Crippen LogP contribution in [0, 0.1) is 6.92 Å². The molecule has 1 aliphatic rings. The molecule has 1 fully saturated rings. The SMILES string of the molecule is Cc1ccc([C@@H](C(=O)NCc2ccco2)N(C[C@@H]2CCCO2)C(=O)Cn2nnc3ccccc32)cc1. The lowest BCUT2D eigenvalue weighted by molar-refractivity contribution is -0.143. The van der Waals surface area contributed by atoms with Crippen LogP contribution in [0.5, 0.6) is 0 Å². The first-order valence-corrected chi connectivity index (χ1v) is 12.1. The molecule has 2 amide bonds. The summed E-state index contributed by atoms with van der Waals surface area (Å²) < 4.78 is 12.8. The van der Waals surface area contributed by atoms with Gasteiger partial charge in [-0.1, -0.05) is 47.2 Å². The van der Waals surface area contributed by atoms with Gasteiger partial charge in [0.15, 0.2) is 0 Å². The van der Waals surface area contributed by atoms with E-state index in [1.807, 2.05) is 55.5 Å². The van der Waals surface area contributed by atoms with Gasteiger partial charge in [-0.2, -0.15) is 0 Å². The van der Waals surface area contributed by atoms with E-state index in [-0.39, 0.29) is 31.0 Å². The third-order valence-corrected chi connectivity index (χ3v) is 6.42. The Bertz CT molecular complexity index is 1310. The Kier molecular flexibility index (Phi) is 7.08. The molecule has 1 aliphatic heterocycles. The third-order valence-electron chi connectivity index (χ3n) is 6.42. The van der Waals surface area contributed by atoms with Crippen LogP contribution in [-0.2, 0) is 27.4 Å². The van der Waals surface area contributed by atoms with Crippen molar-refractivity contribution >= 4 is 22.8 Å². The van der Waals surface area contributed by atoms with Crippen molar-refractivity contribution in [3.05, 3.63) is 83.8 Å².